The van der Waals surface area contributed by atoms with Crippen LogP contribution in [0.25, 0.3) is 11.1 Å². The Morgan fingerprint density at radius 2 is 1.54 bits per heavy atom. The van der Waals surface area contributed by atoms with Gasteiger partial charge >= 0.3 is 11.7 Å². The Morgan fingerprint density at radius 1 is 0.840 bits per heavy atom. The first kappa shape index (κ1) is 35.1. The largest absolute Gasteiger partial charge is 0.459 e. The zero-order valence-electron chi connectivity index (χ0n) is 26.1. The van der Waals surface area contributed by atoms with E-state index in [2.05, 4.69) is 10.6 Å². The molecule has 18 heteroatoms. The summed E-state index contributed by atoms with van der Waals surface area (Å²) in [5.41, 5.74) is 5.90. The molecule has 0 spiro atoms. The lowest BCUT2D eigenvalue weighted by atomic mass is 9.96. The van der Waals surface area contributed by atoms with Crippen molar-refractivity contribution in [2.45, 2.75) is 67.3 Å². The van der Waals surface area contributed by atoms with Gasteiger partial charge in [-0.05, 0) is 23.3 Å². The highest BCUT2D eigenvalue weighted by Gasteiger charge is 2.55. The molecule has 3 fully saturated rings. The highest BCUT2D eigenvalue weighted by Crippen LogP contribution is 2.34. The van der Waals surface area contributed by atoms with Crippen LogP contribution in [0.2, 0.25) is 0 Å². The number of rotatable bonds is 10. The van der Waals surface area contributed by atoms with Crippen molar-refractivity contribution >= 4 is 17.8 Å². The fourth-order valence-corrected chi connectivity index (χ4v) is 6.00. The average molecular weight is 698 g/mol. The van der Waals surface area contributed by atoms with E-state index in [-0.39, 0.29) is 12.1 Å². The molecule has 4 heterocycles. The Kier molecular flexibility index (Phi) is 10.2. The summed E-state index contributed by atoms with van der Waals surface area (Å²) in [6.07, 6.45) is -13.6. The summed E-state index contributed by atoms with van der Waals surface area (Å²) < 4.78 is 23.3. The maximum absolute atomic E-state index is 13.5. The van der Waals surface area contributed by atoms with Crippen molar-refractivity contribution in [3.63, 3.8) is 0 Å². The van der Waals surface area contributed by atoms with Crippen molar-refractivity contribution in [2.75, 3.05) is 13.2 Å². The van der Waals surface area contributed by atoms with Gasteiger partial charge < -0.3 is 55.7 Å². The zero-order valence-corrected chi connectivity index (χ0v) is 26.1. The topological polar surface area (TPSA) is 274 Å². The third-order valence-electron chi connectivity index (χ3n) is 8.72. The number of aliphatic hydroxyl groups excluding tert-OH is 4. The number of aliphatic hydroxyl groups is 4. The second-order valence-electron chi connectivity index (χ2n) is 11.9. The smallest absolute Gasteiger partial charge is 0.338 e. The van der Waals surface area contributed by atoms with Crippen molar-refractivity contribution in [3.05, 3.63) is 93.3 Å². The van der Waals surface area contributed by atoms with E-state index in [1.165, 1.54) is 0 Å². The van der Waals surface area contributed by atoms with Crippen LogP contribution in [-0.4, -0.2) is 122 Å². The third-order valence-corrected chi connectivity index (χ3v) is 8.72. The molecule has 2 aromatic carbocycles. The average Bonchev–Trinajstić information content (AvgIpc) is 3.56. The molecule has 11 atom stereocenters. The van der Waals surface area contributed by atoms with E-state index in [1.54, 1.807) is 24.3 Å². The first-order valence-electron chi connectivity index (χ1n) is 15.6. The highest BCUT2D eigenvalue weighted by molar-refractivity contribution is 5.98. The number of carbonyl (C=O) groups is 3. The summed E-state index contributed by atoms with van der Waals surface area (Å²) in [6.45, 7) is -0.776. The number of amides is 2. The number of piperazine rings is 1. The number of ether oxygens (including phenoxy) is 4. The molecule has 0 radical (unpaired) electrons. The van der Waals surface area contributed by atoms with Gasteiger partial charge in [0.25, 0.3) is 5.56 Å². The zero-order chi connectivity index (χ0) is 35.7. The van der Waals surface area contributed by atoms with Gasteiger partial charge in [0, 0.05) is 18.8 Å². The van der Waals surface area contributed by atoms with Crippen LogP contribution < -0.4 is 27.6 Å². The van der Waals surface area contributed by atoms with Crippen molar-refractivity contribution in [2.24, 2.45) is 5.73 Å². The Balaban J connectivity index is 1.17. The number of nitrogens with one attached hydrogen (secondary N) is 3. The fraction of sp³-hybridized carbons (Fsp3) is 0.406. The molecule has 0 saturated carbocycles. The molecule has 50 heavy (non-hydrogen) atoms. The highest BCUT2D eigenvalue weighted by atomic mass is 16.7. The number of nitrogens with zero attached hydrogens (tertiary/aromatic N) is 1. The van der Waals surface area contributed by atoms with E-state index < -0.39 is 103 Å². The van der Waals surface area contributed by atoms with Crippen LogP contribution in [0.1, 0.15) is 16.6 Å². The second kappa shape index (κ2) is 14.6. The van der Waals surface area contributed by atoms with Gasteiger partial charge in [-0.2, -0.15) is 0 Å². The fourth-order valence-electron chi connectivity index (χ4n) is 6.00. The van der Waals surface area contributed by atoms with Gasteiger partial charge in [0.15, 0.2) is 12.5 Å². The number of hydrogen-bond acceptors (Lipinski definition) is 14. The predicted molar refractivity (Wildman–Crippen MR) is 168 cm³/mol. The summed E-state index contributed by atoms with van der Waals surface area (Å²) in [6, 6.07) is 14.0. The molecule has 3 saturated heterocycles. The van der Waals surface area contributed by atoms with E-state index in [0.29, 0.717) is 0 Å². The van der Waals surface area contributed by atoms with Crippen molar-refractivity contribution in [1.29, 1.82) is 0 Å². The molecule has 0 aliphatic carbocycles. The minimum Gasteiger partial charge on any atom is -0.459 e. The van der Waals surface area contributed by atoms with Gasteiger partial charge in [-0.25, -0.2) is 9.59 Å². The van der Waals surface area contributed by atoms with E-state index >= 15 is 0 Å². The molecule has 3 aromatic rings. The Bertz CT molecular complexity index is 1820. The predicted octanol–water partition coefficient (Wildman–Crippen LogP) is -3.55. The number of benzene rings is 2. The van der Waals surface area contributed by atoms with Crippen LogP contribution in [-0.2, 0) is 28.5 Å². The maximum Gasteiger partial charge on any atom is 0.338 e. The SMILES string of the molecule is NC[C@H]1O[C@@H](O[C@H]([C@H]2O[C@@H](n3ccc(=O)[nH]c3=O)[C@H](O)[C@@H]2O)[C@@H]2NC(=O)[C@H](COC(=O)c3ccc(-c4ccccc4)cc3)NC2=O)[C@H](O)[C@@H]1O. The first-order valence-corrected chi connectivity index (χ1v) is 15.6. The minimum atomic E-state index is -1.87. The minimum absolute atomic E-state index is 0.203. The van der Waals surface area contributed by atoms with Gasteiger partial charge in [0.2, 0.25) is 11.8 Å². The van der Waals surface area contributed by atoms with Crippen LogP contribution in [0.4, 0.5) is 0 Å². The van der Waals surface area contributed by atoms with Gasteiger partial charge in [-0.15, -0.1) is 0 Å². The summed E-state index contributed by atoms with van der Waals surface area (Å²) in [5.74, 6) is -2.48. The van der Waals surface area contributed by atoms with Crippen LogP contribution in [0.15, 0.2) is 76.4 Å². The lowest BCUT2D eigenvalue weighted by molar-refractivity contribution is -0.227. The lowest BCUT2D eigenvalue weighted by Gasteiger charge is -2.38. The summed E-state index contributed by atoms with van der Waals surface area (Å²) >= 11 is 0. The molecule has 266 valence electrons. The molecule has 0 unspecified atom stereocenters. The molecule has 2 amide bonds. The molecule has 3 aliphatic heterocycles. The molecule has 18 nitrogen and oxygen atoms in total. The molecular formula is C32H35N5O13. The third kappa shape index (κ3) is 6.96. The molecular weight excluding hydrogens is 662 g/mol. The maximum atomic E-state index is 13.5. The number of aromatic nitrogens is 2. The molecule has 1 aromatic heterocycles. The van der Waals surface area contributed by atoms with Crippen LogP contribution in [0, 0.1) is 0 Å². The Hall–Kier alpha value is -4.79. The van der Waals surface area contributed by atoms with Gasteiger partial charge in [-0.3, -0.25) is 23.9 Å². The normalized spacial score (nSPS) is 31.5. The Labute approximate surface area is 282 Å². The number of nitrogens with two attached hydrogens (primary N) is 1. The monoisotopic (exact) mass is 697 g/mol. The van der Waals surface area contributed by atoms with E-state index in [9.17, 15) is 44.4 Å². The number of aromatic amines is 1. The van der Waals surface area contributed by atoms with Crippen molar-refractivity contribution in [1.82, 2.24) is 20.2 Å². The van der Waals surface area contributed by atoms with Gasteiger partial charge in [0.1, 0.15) is 61.4 Å². The standard InChI is InChI=1S/C32H35N5O13/c33-12-18-21(39)24(42)31(48-18)50-25(26-22(40)23(41)29(49-26)37-11-10-19(38)35-32(37)46)20-28(44)34-17(27(43)36-20)13-47-30(45)16-8-6-15(7-9-16)14-4-2-1-3-5-14/h1-11,17-18,20-26,29,31,39-42H,12-13,33H2,(H,34,44)(H,36,43)(H,35,38,46)/t17-,18+,20-,21+,22-,23+,24+,25-,26-,29+,31-/m0/s1. The summed E-state index contributed by atoms with van der Waals surface area (Å²) in [4.78, 5) is 65.5. The second-order valence-corrected chi connectivity index (χ2v) is 11.9. The molecule has 3 aliphatic rings. The van der Waals surface area contributed by atoms with Crippen molar-refractivity contribution in [3.8, 4) is 11.1 Å². The van der Waals surface area contributed by atoms with E-state index in [0.717, 1.165) is 28.0 Å². The molecule has 6 rings (SSSR count). The Morgan fingerprint density at radius 3 is 2.20 bits per heavy atom. The quantitative estimate of drug-likeness (QED) is 0.0954. The van der Waals surface area contributed by atoms with Gasteiger partial charge in [-0.1, -0.05) is 42.5 Å². The van der Waals surface area contributed by atoms with E-state index in [1.807, 2.05) is 35.3 Å². The van der Waals surface area contributed by atoms with Crippen LogP contribution >= 0.6 is 0 Å². The number of hydrogen-bond donors (Lipinski definition) is 8. The van der Waals surface area contributed by atoms with Crippen LogP contribution in [0.5, 0.6) is 0 Å². The van der Waals surface area contributed by atoms with Gasteiger partial charge in [0.05, 0.1) is 5.56 Å². The molecule has 9 N–H and O–H groups in total. The molecule has 0 bridgehead atoms. The van der Waals surface area contributed by atoms with Crippen LogP contribution in [0.3, 0.4) is 0 Å². The number of H-pyrrole nitrogens is 1. The van der Waals surface area contributed by atoms with E-state index in [4.69, 9.17) is 24.7 Å². The first-order chi connectivity index (χ1) is 24.0. The lowest BCUT2D eigenvalue weighted by Crippen LogP contribution is -2.69. The summed E-state index contributed by atoms with van der Waals surface area (Å²) in [7, 11) is 0. The summed E-state index contributed by atoms with van der Waals surface area (Å²) in [5, 5.41) is 47.7. The van der Waals surface area contributed by atoms with Crippen molar-refractivity contribution < 1.29 is 53.8 Å². The number of esters is 1. The number of carbonyl (C=O) groups excluding carboxylic acids is 3.